The van der Waals surface area contributed by atoms with Crippen LogP contribution in [0.5, 0.6) is 0 Å². The average Bonchev–Trinajstić information content (AvgIpc) is 2.22. The van der Waals surface area contributed by atoms with Gasteiger partial charge in [0, 0.05) is 5.71 Å². The molecule has 0 aromatic heterocycles. The van der Waals surface area contributed by atoms with E-state index in [2.05, 4.69) is 4.99 Å². The van der Waals surface area contributed by atoms with Crippen molar-refractivity contribution >= 4 is 17.7 Å². The highest BCUT2D eigenvalue weighted by atomic mass is 16.4. The van der Waals surface area contributed by atoms with Crippen LogP contribution < -0.4 is 0 Å². The third-order valence-electron chi connectivity index (χ3n) is 4.23. The van der Waals surface area contributed by atoms with Crippen LogP contribution in [0.15, 0.2) is 4.99 Å². The number of nitrogens with zero attached hydrogens (tertiary/aromatic N) is 1. The number of aliphatic carboxylic acids is 2. The summed E-state index contributed by atoms with van der Waals surface area (Å²) < 4.78 is 0. The molecule has 2 N–H and O–H groups in total. The molecule has 102 valence electrons. The van der Waals surface area contributed by atoms with E-state index in [4.69, 9.17) is 0 Å². The van der Waals surface area contributed by atoms with Crippen LogP contribution in [0.25, 0.3) is 0 Å². The summed E-state index contributed by atoms with van der Waals surface area (Å²) in [6.07, 6.45) is 1.15. The number of hydrogen-bond donors (Lipinski definition) is 2. The first-order chi connectivity index (χ1) is 8.28. The lowest BCUT2D eigenvalue weighted by atomic mass is 9.61. The van der Waals surface area contributed by atoms with E-state index in [1.165, 1.54) is 0 Å². The molecule has 4 unspecified atom stereocenters. The van der Waals surface area contributed by atoms with Gasteiger partial charge in [-0.2, -0.15) is 0 Å². The lowest BCUT2D eigenvalue weighted by Crippen LogP contribution is -2.54. The zero-order chi connectivity index (χ0) is 14.1. The van der Waals surface area contributed by atoms with Crippen molar-refractivity contribution in [3.05, 3.63) is 0 Å². The molecule has 0 amide bonds. The summed E-state index contributed by atoms with van der Waals surface area (Å²) in [5, 5.41) is 18.9. The molecular formula is C13H21NO4. The van der Waals surface area contributed by atoms with Gasteiger partial charge in [-0.05, 0) is 26.2 Å². The SMILES string of the molecule is CCCC1(C(=O)O)C(C)N=C(C)C(C(=O)O)C1C. The summed E-state index contributed by atoms with van der Waals surface area (Å²) in [5.41, 5.74) is -0.549. The Hall–Kier alpha value is -1.39. The van der Waals surface area contributed by atoms with Crippen molar-refractivity contribution < 1.29 is 19.8 Å². The summed E-state index contributed by atoms with van der Waals surface area (Å²) in [4.78, 5) is 27.3. The van der Waals surface area contributed by atoms with Gasteiger partial charge in [-0.3, -0.25) is 14.6 Å². The number of hydrogen-bond acceptors (Lipinski definition) is 3. The maximum atomic E-state index is 11.7. The number of carboxylic acid groups (broad SMARTS) is 2. The van der Waals surface area contributed by atoms with Gasteiger partial charge in [0.25, 0.3) is 0 Å². The molecule has 0 aromatic rings. The summed E-state index contributed by atoms with van der Waals surface area (Å²) >= 11 is 0. The van der Waals surface area contributed by atoms with E-state index in [1.54, 1.807) is 20.8 Å². The van der Waals surface area contributed by atoms with E-state index in [9.17, 15) is 19.8 Å². The molecule has 0 aromatic carbocycles. The van der Waals surface area contributed by atoms with E-state index in [1.807, 2.05) is 6.92 Å². The van der Waals surface area contributed by atoms with E-state index in [0.717, 1.165) is 0 Å². The number of aliphatic imine (C=N–C) groups is 1. The highest BCUT2D eigenvalue weighted by Gasteiger charge is 2.55. The fourth-order valence-corrected chi connectivity index (χ4v) is 3.26. The predicted octanol–water partition coefficient (Wildman–Crippen LogP) is 2.06. The van der Waals surface area contributed by atoms with Gasteiger partial charge in [0.1, 0.15) is 0 Å². The van der Waals surface area contributed by atoms with Crippen molar-refractivity contribution in [2.24, 2.45) is 22.2 Å². The number of rotatable bonds is 4. The molecule has 0 radical (unpaired) electrons. The fourth-order valence-electron chi connectivity index (χ4n) is 3.26. The third-order valence-corrected chi connectivity index (χ3v) is 4.23. The van der Waals surface area contributed by atoms with E-state index >= 15 is 0 Å². The van der Waals surface area contributed by atoms with Crippen LogP contribution in [0, 0.1) is 17.3 Å². The highest BCUT2D eigenvalue weighted by molar-refractivity contribution is 6.02. The van der Waals surface area contributed by atoms with Crippen LogP contribution in [0.3, 0.4) is 0 Å². The van der Waals surface area contributed by atoms with Crippen LogP contribution in [-0.4, -0.2) is 33.9 Å². The van der Waals surface area contributed by atoms with Crippen LogP contribution in [0.1, 0.15) is 40.5 Å². The molecule has 4 atom stereocenters. The summed E-state index contributed by atoms with van der Waals surface area (Å²) in [6, 6.07) is -0.388. The van der Waals surface area contributed by atoms with Gasteiger partial charge in [-0.1, -0.05) is 20.3 Å². The lowest BCUT2D eigenvalue weighted by Gasteiger charge is -2.44. The van der Waals surface area contributed by atoms with Gasteiger partial charge in [0.2, 0.25) is 0 Å². The Bertz CT molecular complexity index is 390. The quantitative estimate of drug-likeness (QED) is 0.805. The van der Waals surface area contributed by atoms with Crippen molar-refractivity contribution in [1.82, 2.24) is 0 Å². The van der Waals surface area contributed by atoms with Crippen molar-refractivity contribution in [2.45, 2.75) is 46.6 Å². The Balaban J connectivity index is 3.34. The molecule has 0 fully saturated rings. The summed E-state index contributed by atoms with van der Waals surface area (Å²) in [5.74, 6) is -3.19. The van der Waals surface area contributed by atoms with Crippen molar-refractivity contribution in [3.63, 3.8) is 0 Å². The van der Waals surface area contributed by atoms with Crippen molar-refractivity contribution in [2.75, 3.05) is 0 Å². The zero-order valence-corrected chi connectivity index (χ0v) is 11.3. The molecule has 1 heterocycles. The van der Waals surface area contributed by atoms with E-state index in [0.29, 0.717) is 18.6 Å². The topological polar surface area (TPSA) is 87.0 Å². The first kappa shape index (κ1) is 14.7. The van der Waals surface area contributed by atoms with Crippen molar-refractivity contribution in [3.8, 4) is 0 Å². The standard InChI is InChI=1S/C13H21NO4/c1-5-6-13(12(17)18)7(2)10(11(15)16)8(3)14-9(13)4/h7,9-10H,5-6H2,1-4H3,(H,15,16)(H,17,18). The van der Waals surface area contributed by atoms with Crippen LogP contribution in [-0.2, 0) is 9.59 Å². The first-order valence-corrected chi connectivity index (χ1v) is 6.29. The molecule has 0 spiro atoms. The van der Waals surface area contributed by atoms with Gasteiger partial charge >= 0.3 is 11.9 Å². The second-order valence-electron chi connectivity index (χ2n) is 5.15. The molecule has 0 bridgehead atoms. The monoisotopic (exact) mass is 255 g/mol. The lowest BCUT2D eigenvalue weighted by molar-refractivity contribution is -0.158. The Morgan fingerprint density at radius 3 is 2.28 bits per heavy atom. The minimum Gasteiger partial charge on any atom is -0.481 e. The van der Waals surface area contributed by atoms with Gasteiger partial charge in [-0.25, -0.2) is 0 Å². The Labute approximate surface area is 107 Å². The van der Waals surface area contributed by atoms with Gasteiger partial charge in [-0.15, -0.1) is 0 Å². The first-order valence-electron chi connectivity index (χ1n) is 6.29. The highest BCUT2D eigenvalue weighted by Crippen LogP contribution is 2.46. The predicted molar refractivity (Wildman–Crippen MR) is 67.8 cm³/mol. The Kier molecular flexibility index (Phi) is 4.14. The third kappa shape index (κ3) is 2.02. The number of carbonyl (C=O) groups is 2. The second-order valence-corrected chi connectivity index (χ2v) is 5.15. The molecule has 0 saturated heterocycles. The Morgan fingerprint density at radius 2 is 1.89 bits per heavy atom. The second kappa shape index (κ2) is 5.08. The smallest absolute Gasteiger partial charge is 0.312 e. The minimum atomic E-state index is -1.07. The number of carboxylic acids is 2. The molecule has 5 heteroatoms. The molecular weight excluding hydrogens is 234 g/mol. The maximum Gasteiger partial charge on any atom is 0.312 e. The maximum absolute atomic E-state index is 11.7. The van der Waals surface area contributed by atoms with Crippen LogP contribution >= 0.6 is 0 Å². The largest absolute Gasteiger partial charge is 0.481 e. The van der Waals surface area contributed by atoms with E-state index in [-0.39, 0.29) is 6.04 Å². The molecule has 1 aliphatic heterocycles. The summed E-state index contributed by atoms with van der Waals surface area (Å²) in [6.45, 7) is 7.06. The molecule has 18 heavy (non-hydrogen) atoms. The van der Waals surface area contributed by atoms with E-state index < -0.39 is 29.2 Å². The van der Waals surface area contributed by atoms with Crippen LogP contribution in [0.2, 0.25) is 0 Å². The summed E-state index contributed by atoms with van der Waals surface area (Å²) in [7, 11) is 0. The molecule has 1 aliphatic rings. The van der Waals surface area contributed by atoms with Gasteiger partial charge in [0.15, 0.2) is 0 Å². The molecule has 0 saturated carbocycles. The molecule has 0 aliphatic carbocycles. The molecule has 1 rings (SSSR count). The Morgan fingerprint density at radius 1 is 1.33 bits per heavy atom. The van der Waals surface area contributed by atoms with Crippen molar-refractivity contribution in [1.29, 1.82) is 0 Å². The zero-order valence-electron chi connectivity index (χ0n) is 11.3. The molecule has 5 nitrogen and oxygen atoms in total. The fraction of sp³-hybridized carbons (Fsp3) is 0.769. The normalized spacial score (nSPS) is 36.0. The minimum absolute atomic E-state index is 0.388. The average molecular weight is 255 g/mol. The van der Waals surface area contributed by atoms with Gasteiger partial charge < -0.3 is 10.2 Å². The van der Waals surface area contributed by atoms with Crippen LogP contribution in [0.4, 0.5) is 0 Å². The van der Waals surface area contributed by atoms with Gasteiger partial charge in [0.05, 0.1) is 17.4 Å².